The minimum absolute atomic E-state index is 0.0786. The van der Waals surface area contributed by atoms with Crippen LogP contribution >= 0.6 is 11.8 Å². The Labute approximate surface area is 94.6 Å². The van der Waals surface area contributed by atoms with Gasteiger partial charge >= 0.3 is 0 Å². The van der Waals surface area contributed by atoms with Gasteiger partial charge in [-0.3, -0.25) is 0 Å². The van der Waals surface area contributed by atoms with Gasteiger partial charge in [-0.05, 0) is 13.8 Å². The highest BCUT2D eigenvalue weighted by Gasteiger charge is 2.52. The predicted molar refractivity (Wildman–Crippen MR) is 57.9 cm³/mol. The van der Waals surface area contributed by atoms with Gasteiger partial charge in [-0.15, -0.1) is 0 Å². The molecule has 2 aliphatic rings. The molecule has 0 radical (unpaired) electrons. The van der Waals surface area contributed by atoms with Crippen molar-refractivity contribution in [2.24, 2.45) is 0 Å². The molecule has 0 aliphatic carbocycles. The molecule has 2 rings (SSSR count). The first-order chi connectivity index (χ1) is 7.07. The minimum atomic E-state index is -0.534. The SMILES string of the molecule is COC(OC)[C@@H]1OC(C)(C)O[C@H]1[C@@H]1CS1. The van der Waals surface area contributed by atoms with Crippen LogP contribution in [0.5, 0.6) is 0 Å². The van der Waals surface area contributed by atoms with Crippen LogP contribution in [-0.4, -0.2) is 49.5 Å². The van der Waals surface area contributed by atoms with Crippen molar-refractivity contribution in [2.75, 3.05) is 20.0 Å². The largest absolute Gasteiger partial charge is 0.353 e. The van der Waals surface area contributed by atoms with Crippen molar-refractivity contribution in [3.63, 3.8) is 0 Å². The van der Waals surface area contributed by atoms with Gasteiger partial charge in [-0.1, -0.05) is 0 Å². The molecule has 0 bridgehead atoms. The van der Waals surface area contributed by atoms with Crippen molar-refractivity contribution >= 4 is 11.8 Å². The lowest BCUT2D eigenvalue weighted by molar-refractivity contribution is -0.201. The highest BCUT2D eigenvalue weighted by molar-refractivity contribution is 8.06. The van der Waals surface area contributed by atoms with Crippen LogP contribution in [-0.2, 0) is 18.9 Å². The Morgan fingerprint density at radius 2 is 1.87 bits per heavy atom. The van der Waals surface area contributed by atoms with E-state index in [0.717, 1.165) is 5.75 Å². The highest BCUT2D eigenvalue weighted by atomic mass is 32.2. The lowest BCUT2D eigenvalue weighted by Gasteiger charge is -2.23. The summed E-state index contributed by atoms with van der Waals surface area (Å²) < 4.78 is 22.2. The van der Waals surface area contributed by atoms with E-state index in [9.17, 15) is 0 Å². The molecule has 2 saturated heterocycles. The zero-order chi connectivity index (χ0) is 11.1. The second-order valence-corrected chi connectivity index (χ2v) is 5.55. The summed E-state index contributed by atoms with van der Waals surface area (Å²) in [6.45, 7) is 3.85. The van der Waals surface area contributed by atoms with Crippen LogP contribution in [0.1, 0.15) is 13.8 Å². The first-order valence-corrected chi connectivity index (χ1v) is 6.15. The summed E-state index contributed by atoms with van der Waals surface area (Å²) >= 11 is 1.89. The van der Waals surface area contributed by atoms with Crippen molar-refractivity contribution < 1.29 is 18.9 Å². The van der Waals surface area contributed by atoms with Crippen molar-refractivity contribution in [3.05, 3.63) is 0 Å². The molecule has 0 aromatic carbocycles. The van der Waals surface area contributed by atoms with Gasteiger partial charge in [0, 0.05) is 25.2 Å². The normalized spacial score (nSPS) is 38.6. The van der Waals surface area contributed by atoms with E-state index in [0.29, 0.717) is 5.25 Å². The average Bonchev–Trinajstić information content (AvgIpc) is 2.94. The van der Waals surface area contributed by atoms with Gasteiger partial charge < -0.3 is 18.9 Å². The van der Waals surface area contributed by atoms with Crippen LogP contribution in [0.3, 0.4) is 0 Å². The number of ether oxygens (including phenoxy) is 4. The molecule has 0 spiro atoms. The van der Waals surface area contributed by atoms with Gasteiger partial charge in [-0.2, -0.15) is 11.8 Å². The summed E-state index contributed by atoms with van der Waals surface area (Å²) in [6.07, 6.45) is -0.400. The van der Waals surface area contributed by atoms with Crippen LogP contribution in [0.25, 0.3) is 0 Å². The molecule has 3 atom stereocenters. The van der Waals surface area contributed by atoms with E-state index >= 15 is 0 Å². The maximum atomic E-state index is 5.87. The zero-order valence-electron chi connectivity index (χ0n) is 9.56. The van der Waals surface area contributed by atoms with Crippen LogP contribution in [0.2, 0.25) is 0 Å². The standard InChI is InChI=1S/C10H18O4S/c1-10(2)13-7(6-5-15-6)8(14-10)9(11-3)12-4/h6-9H,5H2,1-4H3/t6-,7-,8+/m0/s1. The van der Waals surface area contributed by atoms with E-state index in [1.165, 1.54) is 0 Å². The van der Waals surface area contributed by atoms with Crippen molar-refractivity contribution in [3.8, 4) is 0 Å². The number of rotatable bonds is 4. The Morgan fingerprint density at radius 3 is 2.33 bits per heavy atom. The second-order valence-electron chi connectivity index (χ2n) is 4.28. The number of methoxy groups -OCH3 is 2. The fourth-order valence-electron chi connectivity index (χ4n) is 1.92. The summed E-state index contributed by atoms with van der Waals surface area (Å²) in [6, 6.07) is 0. The molecule has 88 valence electrons. The molecule has 15 heavy (non-hydrogen) atoms. The van der Waals surface area contributed by atoms with Gasteiger partial charge in [-0.25, -0.2) is 0 Å². The Morgan fingerprint density at radius 1 is 1.27 bits per heavy atom. The van der Waals surface area contributed by atoms with Gasteiger partial charge in [0.05, 0.1) is 0 Å². The molecule has 0 aromatic heterocycles. The molecule has 0 saturated carbocycles. The molecule has 2 fully saturated rings. The molecule has 2 aliphatic heterocycles. The minimum Gasteiger partial charge on any atom is -0.353 e. The quantitative estimate of drug-likeness (QED) is 0.540. The molecule has 5 heteroatoms. The molecule has 0 unspecified atom stereocenters. The molecule has 0 aromatic rings. The van der Waals surface area contributed by atoms with Gasteiger partial charge in [0.25, 0.3) is 0 Å². The summed E-state index contributed by atoms with van der Waals surface area (Å²) in [5.74, 6) is 0.606. The Balaban J connectivity index is 2.06. The Kier molecular flexibility index (Phi) is 3.28. The molecular weight excluding hydrogens is 216 g/mol. The lowest BCUT2D eigenvalue weighted by Crippen LogP contribution is -2.40. The van der Waals surface area contributed by atoms with Crippen molar-refractivity contribution in [1.82, 2.24) is 0 Å². The van der Waals surface area contributed by atoms with E-state index < -0.39 is 5.79 Å². The Bertz CT molecular complexity index is 225. The maximum Gasteiger partial charge on any atom is 0.185 e. The van der Waals surface area contributed by atoms with Crippen molar-refractivity contribution in [1.29, 1.82) is 0 Å². The third-order valence-electron chi connectivity index (χ3n) is 2.62. The van der Waals surface area contributed by atoms with Crippen LogP contribution in [0.15, 0.2) is 0 Å². The van der Waals surface area contributed by atoms with Crippen LogP contribution < -0.4 is 0 Å². The predicted octanol–water partition coefficient (Wildman–Crippen LogP) is 1.24. The monoisotopic (exact) mass is 234 g/mol. The molecule has 2 heterocycles. The van der Waals surface area contributed by atoms with E-state index in [4.69, 9.17) is 18.9 Å². The fourth-order valence-corrected chi connectivity index (χ4v) is 2.63. The summed E-state index contributed by atoms with van der Waals surface area (Å²) in [5.41, 5.74) is 0. The van der Waals surface area contributed by atoms with Gasteiger partial charge in [0.15, 0.2) is 12.1 Å². The van der Waals surface area contributed by atoms with E-state index in [-0.39, 0.29) is 18.5 Å². The zero-order valence-corrected chi connectivity index (χ0v) is 10.4. The van der Waals surface area contributed by atoms with E-state index in [1.807, 2.05) is 25.6 Å². The van der Waals surface area contributed by atoms with Gasteiger partial charge in [0.1, 0.15) is 12.2 Å². The summed E-state index contributed by atoms with van der Waals surface area (Å²) in [5, 5.41) is 0.532. The molecule has 4 nitrogen and oxygen atoms in total. The van der Waals surface area contributed by atoms with Crippen LogP contribution in [0.4, 0.5) is 0 Å². The second kappa shape index (κ2) is 4.22. The van der Waals surface area contributed by atoms with E-state index in [1.54, 1.807) is 14.2 Å². The third-order valence-corrected chi connectivity index (χ3v) is 3.61. The molecule has 0 N–H and O–H groups in total. The van der Waals surface area contributed by atoms with Crippen LogP contribution in [0, 0.1) is 0 Å². The van der Waals surface area contributed by atoms with Crippen molar-refractivity contribution in [2.45, 2.75) is 43.4 Å². The fraction of sp³-hybridized carbons (Fsp3) is 1.00. The number of hydrogen-bond donors (Lipinski definition) is 0. The summed E-state index contributed by atoms with van der Waals surface area (Å²) in [7, 11) is 3.25. The lowest BCUT2D eigenvalue weighted by atomic mass is 10.1. The number of thioether (sulfide) groups is 1. The smallest absolute Gasteiger partial charge is 0.185 e. The first-order valence-electron chi connectivity index (χ1n) is 5.10. The number of hydrogen-bond acceptors (Lipinski definition) is 5. The topological polar surface area (TPSA) is 36.9 Å². The Hall–Kier alpha value is 0.190. The summed E-state index contributed by atoms with van der Waals surface area (Å²) in [4.78, 5) is 0. The van der Waals surface area contributed by atoms with E-state index in [2.05, 4.69) is 0 Å². The first kappa shape index (κ1) is 11.7. The maximum absolute atomic E-state index is 5.87. The molecular formula is C10H18O4S. The molecule has 0 amide bonds. The highest BCUT2D eigenvalue weighted by Crippen LogP contribution is 2.43. The third kappa shape index (κ3) is 2.47. The average molecular weight is 234 g/mol. The van der Waals surface area contributed by atoms with Gasteiger partial charge in [0.2, 0.25) is 0 Å².